The average Bonchev–Trinajstić information content (AvgIpc) is 2.94. The van der Waals surface area contributed by atoms with Gasteiger partial charge in [0.05, 0.1) is 5.02 Å². The lowest BCUT2D eigenvalue weighted by atomic mass is 9.95. The first-order valence-electron chi connectivity index (χ1n) is 8.83. The molecule has 1 fully saturated rings. The lowest BCUT2D eigenvalue weighted by molar-refractivity contribution is 0.462. The number of pyridine rings is 1. The summed E-state index contributed by atoms with van der Waals surface area (Å²) in [5.41, 5.74) is 4.01. The molecule has 0 atom stereocenters. The Bertz CT molecular complexity index is 913. The fourth-order valence-corrected chi connectivity index (χ4v) is 4.12. The summed E-state index contributed by atoms with van der Waals surface area (Å²) in [6.45, 7) is 2.09. The van der Waals surface area contributed by atoms with Crippen molar-refractivity contribution < 1.29 is 0 Å². The smallest absolute Gasteiger partial charge is 0.139 e. The Kier molecular flexibility index (Phi) is 4.74. The second-order valence-electron chi connectivity index (χ2n) is 6.80. The van der Waals surface area contributed by atoms with E-state index in [0.29, 0.717) is 6.04 Å². The Morgan fingerprint density at radius 1 is 1.20 bits per heavy atom. The number of nitrogens with zero attached hydrogens (tertiary/aromatic N) is 2. The van der Waals surface area contributed by atoms with Gasteiger partial charge in [-0.15, -0.1) is 0 Å². The van der Waals surface area contributed by atoms with Crippen molar-refractivity contribution in [2.24, 2.45) is 0 Å². The van der Waals surface area contributed by atoms with Gasteiger partial charge in [-0.2, -0.15) is 0 Å². The summed E-state index contributed by atoms with van der Waals surface area (Å²) in [6, 6.07) is 10.5. The molecule has 0 radical (unpaired) electrons. The average molecular weight is 419 g/mol. The van der Waals surface area contributed by atoms with Crippen molar-refractivity contribution in [2.75, 3.05) is 5.32 Å². The Morgan fingerprint density at radius 2 is 1.96 bits per heavy atom. The van der Waals surface area contributed by atoms with Crippen LogP contribution in [0.2, 0.25) is 5.02 Å². The molecule has 0 saturated heterocycles. The van der Waals surface area contributed by atoms with E-state index in [1.54, 1.807) is 0 Å². The summed E-state index contributed by atoms with van der Waals surface area (Å²) in [6.07, 6.45) is 8.44. The molecular formula is C20H21BrClN3. The van der Waals surface area contributed by atoms with E-state index >= 15 is 0 Å². The van der Waals surface area contributed by atoms with E-state index in [-0.39, 0.29) is 0 Å². The first-order chi connectivity index (χ1) is 12.1. The highest BCUT2D eigenvalue weighted by Gasteiger charge is 2.21. The number of imidazole rings is 1. The van der Waals surface area contributed by atoms with Crippen LogP contribution >= 0.6 is 27.5 Å². The molecule has 0 aliphatic heterocycles. The lowest BCUT2D eigenvalue weighted by Gasteiger charge is -2.24. The van der Waals surface area contributed by atoms with Gasteiger partial charge in [0.25, 0.3) is 0 Å². The van der Waals surface area contributed by atoms with Crippen LogP contribution in [0.15, 0.2) is 41.0 Å². The van der Waals surface area contributed by atoms with Gasteiger partial charge in [0.1, 0.15) is 17.2 Å². The molecule has 0 amide bonds. The largest absolute Gasteiger partial charge is 0.367 e. The molecule has 1 saturated carbocycles. The molecule has 5 heteroatoms. The van der Waals surface area contributed by atoms with Crippen LogP contribution in [0.3, 0.4) is 0 Å². The highest BCUT2D eigenvalue weighted by molar-refractivity contribution is 9.10. The van der Waals surface area contributed by atoms with E-state index in [2.05, 4.69) is 44.8 Å². The maximum absolute atomic E-state index is 6.48. The van der Waals surface area contributed by atoms with Crippen LogP contribution < -0.4 is 5.32 Å². The van der Waals surface area contributed by atoms with E-state index in [1.165, 1.54) is 37.7 Å². The molecule has 130 valence electrons. The van der Waals surface area contributed by atoms with Gasteiger partial charge in [-0.25, -0.2) is 4.98 Å². The quantitative estimate of drug-likeness (QED) is 0.528. The van der Waals surface area contributed by atoms with Crippen molar-refractivity contribution in [1.29, 1.82) is 0 Å². The number of aryl methyl sites for hydroxylation is 1. The number of hydrogen-bond acceptors (Lipinski definition) is 2. The van der Waals surface area contributed by atoms with Crippen LogP contribution in [-0.4, -0.2) is 15.4 Å². The minimum absolute atomic E-state index is 0.495. The second-order valence-corrected chi connectivity index (χ2v) is 8.06. The van der Waals surface area contributed by atoms with Gasteiger partial charge >= 0.3 is 0 Å². The zero-order valence-corrected chi connectivity index (χ0v) is 16.6. The molecule has 3 aromatic rings. The Balaban J connectivity index is 1.88. The summed E-state index contributed by atoms with van der Waals surface area (Å²) in [5.74, 6) is 1.04. The number of nitrogens with one attached hydrogen (secondary N) is 1. The SMILES string of the molecule is Cc1cc2nc(-c3ccccc3Cl)c(NC3CCCCC3)n2cc1Br. The van der Waals surface area contributed by atoms with Gasteiger partial charge < -0.3 is 5.32 Å². The van der Waals surface area contributed by atoms with E-state index in [9.17, 15) is 0 Å². The first-order valence-corrected chi connectivity index (χ1v) is 10.0. The van der Waals surface area contributed by atoms with Gasteiger partial charge in [0.15, 0.2) is 0 Å². The molecule has 4 rings (SSSR count). The molecule has 2 heterocycles. The highest BCUT2D eigenvalue weighted by atomic mass is 79.9. The molecule has 0 bridgehead atoms. The summed E-state index contributed by atoms with van der Waals surface area (Å²) in [7, 11) is 0. The van der Waals surface area contributed by atoms with Gasteiger partial charge in [0.2, 0.25) is 0 Å². The van der Waals surface area contributed by atoms with E-state index in [0.717, 1.165) is 32.2 Å². The molecule has 0 unspecified atom stereocenters. The number of rotatable bonds is 3. The Labute approximate surface area is 161 Å². The third-order valence-electron chi connectivity index (χ3n) is 4.98. The number of aromatic nitrogens is 2. The predicted molar refractivity (Wildman–Crippen MR) is 109 cm³/mol. The molecule has 1 aromatic carbocycles. The van der Waals surface area contributed by atoms with Gasteiger partial charge in [-0.05, 0) is 53.4 Å². The second kappa shape index (κ2) is 7.00. The number of benzene rings is 1. The Hall–Kier alpha value is -1.52. The van der Waals surface area contributed by atoms with Crippen molar-refractivity contribution in [3.8, 4) is 11.3 Å². The van der Waals surface area contributed by atoms with Crippen LogP contribution in [0, 0.1) is 6.92 Å². The minimum Gasteiger partial charge on any atom is -0.367 e. The third kappa shape index (κ3) is 3.30. The van der Waals surface area contributed by atoms with Crippen molar-refractivity contribution in [3.63, 3.8) is 0 Å². The first kappa shape index (κ1) is 16.9. The van der Waals surface area contributed by atoms with Crippen LogP contribution in [0.25, 0.3) is 16.9 Å². The molecule has 25 heavy (non-hydrogen) atoms. The minimum atomic E-state index is 0.495. The number of anilines is 1. The molecule has 1 aliphatic rings. The Morgan fingerprint density at radius 3 is 2.72 bits per heavy atom. The fourth-order valence-electron chi connectivity index (χ4n) is 3.58. The third-order valence-corrected chi connectivity index (χ3v) is 6.14. The number of fused-ring (bicyclic) bond motifs is 1. The van der Waals surface area contributed by atoms with E-state index < -0.39 is 0 Å². The maximum atomic E-state index is 6.48. The summed E-state index contributed by atoms with van der Waals surface area (Å²) in [4.78, 5) is 4.91. The molecule has 2 aromatic heterocycles. The van der Waals surface area contributed by atoms with E-state index in [1.807, 2.05) is 24.3 Å². The molecule has 0 spiro atoms. The normalized spacial score (nSPS) is 15.6. The molecule has 1 N–H and O–H groups in total. The summed E-state index contributed by atoms with van der Waals surface area (Å²) in [5, 5.41) is 4.50. The summed E-state index contributed by atoms with van der Waals surface area (Å²) < 4.78 is 3.22. The van der Waals surface area contributed by atoms with Gasteiger partial charge in [-0.3, -0.25) is 4.40 Å². The highest BCUT2D eigenvalue weighted by Crippen LogP contribution is 2.36. The zero-order valence-electron chi connectivity index (χ0n) is 14.2. The molecule has 1 aliphatic carbocycles. The maximum Gasteiger partial charge on any atom is 0.139 e. The summed E-state index contributed by atoms with van der Waals surface area (Å²) >= 11 is 10.1. The zero-order chi connectivity index (χ0) is 17.4. The van der Waals surface area contributed by atoms with Gasteiger partial charge in [0, 0.05) is 22.3 Å². The molecular weight excluding hydrogens is 398 g/mol. The van der Waals surface area contributed by atoms with Crippen LogP contribution in [0.1, 0.15) is 37.7 Å². The number of halogens is 2. The van der Waals surface area contributed by atoms with Crippen LogP contribution in [0.5, 0.6) is 0 Å². The van der Waals surface area contributed by atoms with Crippen molar-refractivity contribution >= 4 is 39.0 Å². The van der Waals surface area contributed by atoms with Crippen molar-refractivity contribution in [3.05, 3.63) is 51.6 Å². The van der Waals surface area contributed by atoms with E-state index in [4.69, 9.17) is 16.6 Å². The fraction of sp³-hybridized carbons (Fsp3) is 0.350. The molecule has 3 nitrogen and oxygen atoms in total. The topological polar surface area (TPSA) is 29.3 Å². The lowest BCUT2D eigenvalue weighted by Crippen LogP contribution is -2.23. The standard InChI is InChI=1S/C20H21BrClN3/c1-13-11-18-24-19(15-9-5-6-10-17(15)22)20(25(18)12-16(13)21)23-14-7-3-2-4-8-14/h5-6,9-12,14,23H,2-4,7-8H2,1H3. The van der Waals surface area contributed by atoms with Crippen LogP contribution in [-0.2, 0) is 0 Å². The number of hydrogen-bond donors (Lipinski definition) is 1. The van der Waals surface area contributed by atoms with Crippen LogP contribution in [0.4, 0.5) is 5.82 Å². The monoisotopic (exact) mass is 417 g/mol. The van der Waals surface area contributed by atoms with Crippen molar-refractivity contribution in [2.45, 2.75) is 45.1 Å². The van der Waals surface area contributed by atoms with Gasteiger partial charge in [-0.1, -0.05) is 49.1 Å². The van der Waals surface area contributed by atoms with Crippen molar-refractivity contribution in [1.82, 2.24) is 9.38 Å². The predicted octanol–water partition coefficient (Wildman–Crippen LogP) is 6.47.